The third kappa shape index (κ3) is 5.70. The second kappa shape index (κ2) is 13.2. The van der Waals surface area contributed by atoms with Crippen LogP contribution in [0, 0.1) is 5.92 Å². The highest BCUT2D eigenvalue weighted by atomic mass is 32.1. The summed E-state index contributed by atoms with van der Waals surface area (Å²) in [5.74, 6) is -2.65. The van der Waals surface area contributed by atoms with Gasteiger partial charge in [0.25, 0.3) is 0 Å². The molecule has 1 aliphatic heterocycles. The number of hydrogen-bond donors (Lipinski definition) is 1. The van der Waals surface area contributed by atoms with Gasteiger partial charge in [-0.2, -0.15) is 0 Å². The second-order valence-corrected chi connectivity index (χ2v) is 10.7. The molecule has 0 radical (unpaired) electrons. The molecule has 0 saturated heterocycles. The summed E-state index contributed by atoms with van der Waals surface area (Å²) >= 11 is 1.50. The number of Topliss-reactive ketones (excluding diaryl/α,β-unsaturated/α-hetero) is 1. The van der Waals surface area contributed by atoms with Gasteiger partial charge in [0.1, 0.15) is 5.92 Å². The predicted molar refractivity (Wildman–Crippen MR) is 154 cm³/mol. The molecule has 0 amide bonds. The van der Waals surface area contributed by atoms with E-state index in [0.29, 0.717) is 58.2 Å². The molecule has 2 aromatic rings. The molecule has 0 unspecified atom stereocenters. The van der Waals surface area contributed by atoms with Crippen LogP contribution in [0.2, 0.25) is 0 Å². The summed E-state index contributed by atoms with van der Waals surface area (Å²) in [6.45, 7) is 5.79. The van der Waals surface area contributed by atoms with Crippen LogP contribution in [0.5, 0.6) is 17.2 Å². The third-order valence-corrected chi connectivity index (χ3v) is 8.37. The standard InChI is InChI=1S/C31H37NO8S/c1-7-11-19-27(31(35)40-9-3)24(17-14-21(36-4)29(38-6)22(15-17)37-5)26-20(32-19)16-18(23-12-10-13-41-23)25(28(26)33)30(34)39-8-2/h10,12-15,18,24-25,32H,7-9,11,16H2,1-6H3/t18-,24-,25-/m1/s1. The summed E-state index contributed by atoms with van der Waals surface area (Å²) in [6, 6.07) is 7.32. The number of thiophene rings is 1. The zero-order chi connectivity index (χ0) is 29.7. The maximum atomic E-state index is 14.5. The monoisotopic (exact) mass is 583 g/mol. The number of ketones is 1. The molecule has 9 nitrogen and oxygen atoms in total. The Hall–Kier alpha value is -3.79. The first-order valence-electron chi connectivity index (χ1n) is 13.8. The fraction of sp³-hybridized carbons (Fsp3) is 0.452. The molecule has 3 atom stereocenters. The zero-order valence-corrected chi connectivity index (χ0v) is 25.1. The van der Waals surface area contributed by atoms with Crippen molar-refractivity contribution in [3.8, 4) is 17.2 Å². The minimum Gasteiger partial charge on any atom is -0.493 e. The van der Waals surface area contributed by atoms with Crippen molar-refractivity contribution in [1.29, 1.82) is 0 Å². The molecular formula is C31H37NO8S. The normalized spacial score (nSPS) is 20.2. The lowest BCUT2D eigenvalue weighted by molar-refractivity contribution is -0.152. The maximum Gasteiger partial charge on any atom is 0.336 e. The Labute approximate surface area is 244 Å². The maximum absolute atomic E-state index is 14.5. The molecule has 0 saturated carbocycles. The van der Waals surface area contributed by atoms with E-state index in [2.05, 4.69) is 5.32 Å². The quantitative estimate of drug-likeness (QED) is 0.280. The molecule has 0 spiro atoms. The number of hydrogen-bond acceptors (Lipinski definition) is 10. The van der Waals surface area contributed by atoms with Gasteiger partial charge >= 0.3 is 11.9 Å². The lowest BCUT2D eigenvalue weighted by Gasteiger charge is -2.39. The van der Waals surface area contributed by atoms with E-state index in [0.717, 1.165) is 11.3 Å². The minimum absolute atomic E-state index is 0.148. The molecule has 0 bridgehead atoms. The minimum atomic E-state index is -1.06. The van der Waals surface area contributed by atoms with E-state index < -0.39 is 29.7 Å². The van der Waals surface area contributed by atoms with Gasteiger partial charge in [0.15, 0.2) is 17.3 Å². The van der Waals surface area contributed by atoms with Crippen LogP contribution in [0.3, 0.4) is 0 Å². The molecule has 220 valence electrons. The summed E-state index contributed by atoms with van der Waals surface area (Å²) in [7, 11) is 4.52. The Morgan fingerprint density at radius 3 is 2.22 bits per heavy atom. The Kier molecular flexibility index (Phi) is 9.75. The van der Waals surface area contributed by atoms with Crippen molar-refractivity contribution >= 4 is 29.1 Å². The van der Waals surface area contributed by atoms with Crippen molar-refractivity contribution in [2.45, 2.75) is 51.9 Å². The van der Waals surface area contributed by atoms with Crippen molar-refractivity contribution in [1.82, 2.24) is 5.32 Å². The van der Waals surface area contributed by atoms with E-state index in [1.807, 2.05) is 24.4 Å². The largest absolute Gasteiger partial charge is 0.493 e. The molecule has 10 heteroatoms. The van der Waals surface area contributed by atoms with Gasteiger partial charge in [-0.05, 0) is 55.8 Å². The number of rotatable bonds is 11. The summed E-state index contributed by atoms with van der Waals surface area (Å²) in [6.07, 6.45) is 1.71. The number of carbonyl (C=O) groups is 3. The van der Waals surface area contributed by atoms with Crippen LogP contribution in [0.4, 0.5) is 0 Å². The smallest absolute Gasteiger partial charge is 0.336 e. The molecule has 1 aromatic carbocycles. The number of carbonyl (C=O) groups excluding carboxylic acids is 3. The van der Waals surface area contributed by atoms with Gasteiger partial charge in [0, 0.05) is 33.7 Å². The van der Waals surface area contributed by atoms with Gasteiger partial charge in [0.05, 0.1) is 40.1 Å². The molecule has 2 aliphatic rings. The lowest BCUT2D eigenvalue weighted by atomic mass is 9.68. The van der Waals surface area contributed by atoms with Crippen LogP contribution in [0.15, 0.2) is 52.2 Å². The molecular weight excluding hydrogens is 546 g/mol. The molecule has 0 fully saturated rings. The topological polar surface area (TPSA) is 109 Å². The van der Waals surface area contributed by atoms with Crippen LogP contribution in [-0.2, 0) is 23.9 Å². The highest BCUT2D eigenvalue weighted by Gasteiger charge is 2.50. The lowest BCUT2D eigenvalue weighted by Crippen LogP contribution is -2.43. The molecule has 2 heterocycles. The van der Waals surface area contributed by atoms with E-state index in [-0.39, 0.29) is 19.0 Å². The van der Waals surface area contributed by atoms with Crippen molar-refractivity contribution in [2.24, 2.45) is 5.92 Å². The number of ether oxygens (including phenoxy) is 5. The van der Waals surface area contributed by atoms with Gasteiger partial charge in [-0.15, -0.1) is 11.3 Å². The fourth-order valence-electron chi connectivity index (χ4n) is 5.72. The SMILES string of the molecule is CCCC1=C(C(=O)OCC)[C@H](c2cc(OC)c(OC)c(OC)c2)C2=C(C[C@H](c3cccs3)[C@@H](C(=O)OCC)C2=O)N1. The van der Waals surface area contributed by atoms with E-state index in [1.54, 1.807) is 26.0 Å². The van der Waals surface area contributed by atoms with Crippen LogP contribution in [0.1, 0.15) is 62.3 Å². The fourth-order valence-corrected chi connectivity index (χ4v) is 6.58. The van der Waals surface area contributed by atoms with Crippen molar-refractivity contribution in [3.63, 3.8) is 0 Å². The number of benzene rings is 1. The predicted octanol–water partition coefficient (Wildman–Crippen LogP) is 5.27. The average Bonchev–Trinajstić information content (AvgIpc) is 3.51. The Bertz CT molecular complexity index is 1340. The first-order valence-corrected chi connectivity index (χ1v) is 14.7. The van der Waals surface area contributed by atoms with Crippen LogP contribution >= 0.6 is 11.3 Å². The zero-order valence-electron chi connectivity index (χ0n) is 24.3. The van der Waals surface area contributed by atoms with Crippen molar-refractivity contribution in [2.75, 3.05) is 34.5 Å². The highest BCUT2D eigenvalue weighted by Crippen LogP contribution is 2.51. The van der Waals surface area contributed by atoms with Gasteiger partial charge in [-0.25, -0.2) is 4.79 Å². The van der Waals surface area contributed by atoms with E-state index in [9.17, 15) is 14.4 Å². The first kappa shape index (κ1) is 30.2. The van der Waals surface area contributed by atoms with Gasteiger partial charge in [-0.1, -0.05) is 19.4 Å². The van der Waals surface area contributed by atoms with Gasteiger partial charge in [-0.3, -0.25) is 9.59 Å². The van der Waals surface area contributed by atoms with Gasteiger partial charge < -0.3 is 29.0 Å². The molecule has 1 aliphatic carbocycles. The van der Waals surface area contributed by atoms with Gasteiger partial charge in [0.2, 0.25) is 5.75 Å². The van der Waals surface area contributed by atoms with E-state index in [1.165, 1.54) is 32.7 Å². The van der Waals surface area contributed by atoms with Crippen LogP contribution in [0.25, 0.3) is 0 Å². The number of allylic oxidation sites excluding steroid dienone is 3. The molecule has 1 N–H and O–H groups in total. The van der Waals surface area contributed by atoms with Crippen LogP contribution in [-0.4, -0.2) is 52.3 Å². The second-order valence-electron chi connectivity index (χ2n) is 9.69. The number of esters is 2. The summed E-state index contributed by atoms with van der Waals surface area (Å²) in [5.41, 5.74) is 2.62. The highest BCUT2D eigenvalue weighted by molar-refractivity contribution is 7.10. The van der Waals surface area contributed by atoms with Crippen LogP contribution < -0.4 is 19.5 Å². The Morgan fingerprint density at radius 2 is 1.68 bits per heavy atom. The number of methoxy groups -OCH3 is 3. The van der Waals surface area contributed by atoms with E-state index in [4.69, 9.17) is 23.7 Å². The Morgan fingerprint density at radius 1 is 1.00 bits per heavy atom. The number of dihydropyridines is 1. The van der Waals surface area contributed by atoms with Crippen molar-refractivity contribution in [3.05, 3.63) is 62.6 Å². The summed E-state index contributed by atoms with van der Waals surface area (Å²) < 4.78 is 27.7. The first-order chi connectivity index (χ1) is 19.8. The molecule has 4 rings (SSSR count). The molecule has 1 aromatic heterocycles. The molecule has 41 heavy (non-hydrogen) atoms. The average molecular weight is 584 g/mol. The summed E-state index contributed by atoms with van der Waals surface area (Å²) in [4.78, 5) is 42.4. The summed E-state index contributed by atoms with van der Waals surface area (Å²) in [5, 5.41) is 5.37. The van der Waals surface area contributed by atoms with E-state index >= 15 is 0 Å². The Balaban J connectivity index is 2.00. The van der Waals surface area contributed by atoms with Crippen molar-refractivity contribution < 1.29 is 38.1 Å². The third-order valence-electron chi connectivity index (χ3n) is 7.37. The number of nitrogens with one attached hydrogen (secondary N) is 1.